The topological polar surface area (TPSA) is 46.6 Å². The van der Waals surface area contributed by atoms with Gasteiger partial charge in [-0.05, 0) is 39.0 Å². The van der Waals surface area contributed by atoms with Crippen molar-refractivity contribution < 1.29 is 14.3 Å². The van der Waals surface area contributed by atoms with Gasteiger partial charge >= 0.3 is 6.09 Å². The van der Waals surface area contributed by atoms with E-state index in [0.29, 0.717) is 24.8 Å². The molecule has 1 aliphatic carbocycles. The van der Waals surface area contributed by atoms with Gasteiger partial charge < -0.3 is 4.74 Å². The first kappa shape index (κ1) is 12.1. The lowest BCUT2D eigenvalue weighted by Crippen LogP contribution is -2.42. The number of ether oxygens (including phenoxy) is 1. The minimum Gasteiger partial charge on any atom is -0.443 e. The van der Waals surface area contributed by atoms with Crippen molar-refractivity contribution in [1.82, 2.24) is 4.90 Å². The summed E-state index contributed by atoms with van der Waals surface area (Å²) in [6.07, 6.45) is 5.09. The van der Waals surface area contributed by atoms with Crippen molar-refractivity contribution in [3.05, 3.63) is 12.2 Å². The molecule has 0 aromatic rings. The maximum Gasteiger partial charge on any atom is 0.417 e. The van der Waals surface area contributed by atoms with Gasteiger partial charge in [0.2, 0.25) is 5.91 Å². The number of hydrogen-bond acceptors (Lipinski definition) is 3. The van der Waals surface area contributed by atoms with Crippen LogP contribution in [0.5, 0.6) is 0 Å². The molecule has 1 fully saturated rings. The van der Waals surface area contributed by atoms with Crippen molar-refractivity contribution in [1.29, 1.82) is 0 Å². The standard InChI is InChI=1S/C13H19NO3/c1-13(2,3)17-12(16)14-8-10-5-4-9(6-10)7-11(14)15/h4-5,9-10H,6-8H2,1-3H3/t9-,10+/m1/s1. The van der Waals surface area contributed by atoms with Crippen LogP contribution < -0.4 is 0 Å². The average molecular weight is 237 g/mol. The molecule has 2 bridgehead atoms. The molecular formula is C13H19NO3. The molecule has 0 spiro atoms. The van der Waals surface area contributed by atoms with E-state index in [1.165, 1.54) is 4.90 Å². The number of carbonyl (C=O) groups excluding carboxylic acids is 2. The maximum absolute atomic E-state index is 11.9. The molecule has 0 N–H and O–H groups in total. The molecule has 17 heavy (non-hydrogen) atoms. The molecule has 1 saturated heterocycles. The number of rotatable bonds is 0. The van der Waals surface area contributed by atoms with Crippen molar-refractivity contribution in [3.63, 3.8) is 0 Å². The van der Waals surface area contributed by atoms with E-state index in [1.54, 1.807) is 20.8 Å². The van der Waals surface area contributed by atoms with Crippen LogP contribution in [-0.2, 0) is 9.53 Å². The monoisotopic (exact) mass is 237 g/mol. The minimum absolute atomic E-state index is 0.115. The van der Waals surface area contributed by atoms with Crippen LogP contribution in [0.15, 0.2) is 12.2 Å². The first-order chi connectivity index (χ1) is 7.85. The van der Waals surface area contributed by atoms with E-state index in [-0.39, 0.29) is 5.91 Å². The maximum atomic E-state index is 11.9. The van der Waals surface area contributed by atoms with Crippen molar-refractivity contribution in [3.8, 4) is 0 Å². The van der Waals surface area contributed by atoms with E-state index in [4.69, 9.17) is 4.74 Å². The highest BCUT2D eigenvalue weighted by Crippen LogP contribution is 2.31. The number of imide groups is 1. The Balaban J connectivity index is 2.07. The third kappa shape index (κ3) is 2.87. The lowest BCUT2D eigenvalue weighted by atomic mass is 10.0. The van der Waals surface area contributed by atoms with Gasteiger partial charge in [-0.25, -0.2) is 9.69 Å². The molecule has 0 radical (unpaired) electrons. The zero-order chi connectivity index (χ0) is 12.6. The predicted octanol–water partition coefficient (Wildman–Crippen LogP) is 2.35. The molecule has 0 saturated carbocycles. The largest absolute Gasteiger partial charge is 0.443 e. The Kier molecular flexibility index (Phi) is 2.98. The molecule has 1 heterocycles. The Bertz CT molecular complexity index is 367. The van der Waals surface area contributed by atoms with Crippen LogP contribution in [0.1, 0.15) is 33.6 Å². The van der Waals surface area contributed by atoms with E-state index in [1.807, 2.05) is 0 Å². The van der Waals surface area contributed by atoms with Gasteiger partial charge in [-0.15, -0.1) is 0 Å². The summed E-state index contributed by atoms with van der Waals surface area (Å²) in [5.41, 5.74) is -0.557. The van der Waals surface area contributed by atoms with Crippen molar-refractivity contribution in [2.24, 2.45) is 11.8 Å². The number of nitrogens with zero attached hydrogens (tertiary/aromatic N) is 1. The first-order valence-corrected chi connectivity index (χ1v) is 6.07. The second kappa shape index (κ2) is 4.17. The number of likely N-dealkylation sites (tertiary alicyclic amines) is 1. The smallest absolute Gasteiger partial charge is 0.417 e. The molecule has 94 valence electrons. The Morgan fingerprint density at radius 1 is 1.35 bits per heavy atom. The molecule has 2 aliphatic rings. The molecule has 1 aliphatic heterocycles. The Hall–Kier alpha value is -1.32. The highest BCUT2D eigenvalue weighted by molar-refractivity contribution is 5.92. The quantitative estimate of drug-likeness (QED) is 0.607. The molecule has 4 heteroatoms. The highest BCUT2D eigenvalue weighted by atomic mass is 16.6. The third-order valence-corrected chi connectivity index (χ3v) is 3.03. The van der Waals surface area contributed by atoms with Crippen molar-refractivity contribution in [2.45, 2.75) is 39.2 Å². The van der Waals surface area contributed by atoms with Crippen LogP contribution in [0.3, 0.4) is 0 Å². The highest BCUT2D eigenvalue weighted by Gasteiger charge is 2.35. The van der Waals surface area contributed by atoms with Crippen LogP contribution in [-0.4, -0.2) is 29.0 Å². The Morgan fingerprint density at radius 2 is 2.00 bits per heavy atom. The zero-order valence-corrected chi connectivity index (χ0v) is 10.6. The summed E-state index contributed by atoms with van der Waals surface area (Å²) in [7, 11) is 0. The predicted molar refractivity (Wildman–Crippen MR) is 63.3 cm³/mol. The van der Waals surface area contributed by atoms with Gasteiger partial charge in [0.05, 0.1) is 0 Å². The number of hydrogen-bond donors (Lipinski definition) is 0. The Labute approximate surface area is 102 Å². The van der Waals surface area contributed by atoms with Crippen LogP contribution in [0, 0.1) is 11.8 Å². The number of allylic oxidation sites excluding steroid dienone is 1. The number of amides is 2. The summed E-state index contributed by atoms with van der Waals surface area (Å²) < 4.78 is 5.25. The van der Waals surface area contributed by atoms with Gasteiger partial charge in [-0.2, -0.15) is 0 Å². The van der Waals surface area contributed by atoms with E-state index < -0.39 is 11.7 Å². The van der Waals surface area contributed by atoms with Crippen LogP contribution >= 0.6 is 0 Å². The zero-order valence-electron chi connectivity index (χ0n) is 10.6. The molecule has 2 rings (SSSR count). The average Bonchev–Trinajstić information content (AvgIpc) is 2.50. The van der Waals surface area contributed by atoms with Gasteiger partial charge in [-0.1, -0.05) is 12.2 Å². The molecular weight excluding hydrogens is 218 g/mol. The summed E-state index contributed by atoms with van der Waals surface area (Å²) in [5.74, 6) is 0.495. The van der Waals surface area contributed by atoms with Gasteiger partial charge in [0.15, 0.2) is 0 Å². The summed E-state index contributed by atoms with van der Waals surface area (Å²) in [5, 5.41) is 0. The van der Waals surface area contributed by atoms with Crippen LogP contribution in [0.2, 0.25) is 0 Å². The molecule has 0 unspecified atom stereocenters. The summed E-state index contributed by atoms with van der Waals surface area (Å²) in [6.45, 7) is 5.87. The molecule has 2 amide bonds. The first-order valence-electron chi connectivity index (χ1n) is 6.07. The van der Waals surface area contributed by atoms with E-state index in [0.717, 1.165) is 6.42 Å². The minimum atomic E-state index is -0.557. The molecule has 2 atom stereocenters. The fraction of sp³-hybridized carbons (Fsp3) is 0.692. The lowest BCUT2D eigenvalue weighted by Gasteiger charge is -2.26. The van der Waals surface area contributed by atoms with Crippen molar-refractivity contribution in [2.75, 3.05) is 6.54 Å². The van der Waals surface area contributed by atoms with Crippen LogP contribution in [0.25, 0.3) is 0 Å². The molecule has 4 nitrogen and oxygen atoms in total. The fourth-order valence-corrected chi connectivity index (χ4v) is 2.31. The molecule has 0 aromatic carbocycles. The van der Waals surface area contributed by atoms with Gasteiger partial charge in [0.1, 0.15) is 5.60 Å². The SMILES string of the molecule is CC(C)(C)OC(=O)N1C[C@H]2C=C[C@@H](CC1=O)C2. The second-order valence-corrected chi connectivity index (χ2v) is 5.83. The normalized spacial score (nSPS) is 28.2. The van der Waals surface area contributed by atoms with E-state index in [2.05, 4.69) is 12.2 Å². The third-order valence-electron chi connectivity index (χ3n) is 3.03. The van der Waals surface area contributed by atoms with Crippen LogP contribution in [0.4, 0.5) is 4.79 Å². The van der Waals surface area contributed by atoms with E-state index in [9.17, 15) is 9.59 Å². The van der Waals surface area contributed by atoms with Gasteiger partial charge in [-0.3, -0.25) is 4.79 Å². The lowest BCUT2D eigenvalue weighted by molar-refractivity contribution is -0.130. The van der Waals surface area contributed by atoms with Crippen molar-refractivity contribution >= 4 is 12.0 Å². The number of fused-ring (bicyclic) bond motifs is 2. The summed E-state index contributed by atoms with van der Waals surface area (Å²) in [6, 6.07) is 0. The summed E-state index contributed by atoms with van der Waals surface area (Å²) >= 11 is 0. The molecule has 0 aromatic heterocycles. The van der Waals surface area contributed by atoms with Gasteiger partial charge in [0, 0.05) is 13.0 Å². The number of carbonyl (C=O) groups is 2. The van der Waals surface area contributed by atoms with Gasteiger partial charge in [0.25, 0.3) is 0 Å². The fourth-order valence-electron chi connectivity index (χ4n) is 2.31. The second-order valence-electron chi connectivity index (χ2n) is 5.83. The summed E-state index contributed by atoms with van der Waals surface area (Å²) in [4.78, 5) is 25.1. The van der Waals surface area contributed by atoms with E-state index >= 15 is 0 Å². The Morgan fingerprint density at radius 3 is 2.65 bits per heavy atom.